The van der Waals surface area contributed by atoms with Crippen molar-refractivity contribution in [1.82, 2.24) is 8.94 Å². The second-order valence-corrected chi connectivity index (χ2v) is 7.09. The van der Waals surface area contributed by atoms with E-state index in [0.29, 0.717) is 10.7 Å². The fraction of sp³-hybridized carbons (Fsp3) is 0.118. The Labute approximate surface area is 155 Å². The molecule has 3 aromatic rings. The fourth-order valence-corrected chi connectivity index (χ4v) is 3.35. The summed E-state index contributed by atoms with van der Waals surface area (Å²) in [6.07, 6.45) is 0. The third kappa shape index (κ3) is 3.58. The average Bonchev–Trinajstić information content (AvgIpc) is 2.92. The van der Waals surface area contributed by atoms with Crippen LogP contribution in [-0.2, 0) is 0 Å². The van der Waals surface area contributed by atoms with Crippen molar-refractivity contribution in [3.05, 3.63) is 64.5 Å². The highest BCUT2D eigenvalue weighted by molar-refractivity contribution is 8.11. The lowest BCUT2D eigenvalue weighted by atomic mass is 10.2. The van der Waals surface area contributed by atoms with Crippen molar-refractivity contribution >= 4 is 52.3 Å². The van der Waals surface area contributed by atoms with Crippen molar-refractivity contribution in [2.24, 2.45) is 4.99 Å². The number of nitrogens with one attached hydrogen (secondary N) is 1. The van der Waals surface area contributed by atoms with Crippen LogP contribution in [0.4, 0.5) is 11.6 Å². The van der Waals surface area contributed by atoms with Gasteiger partial charge < -0.3 is 5.32 Å². The van der Waals surface area contributed by atoms with Crippen molar-refractivity contribution < 1.29 is 0 Å². The van der Waals surface area contributed by atoms with Crippen LogP contribution < -0.4 is 10.1 Å². The van der Waals surface area contributed by atoms with E-state index in [1.165, 1.54) is 11.5 Å². The van der Waals surface area contributed by atoms with Crippen molar-refractivity contribution in [1.29, 1.82) is 0 Å². The molecule has 24 heavy (non-hydrogen) atoms. The van der Waals surface area contributed by atoms with Crippen molar-refractivity contribution in [3.8, 4) is 5.69 Å². The number of rotatable bonds is 3. The zero-order valence-electron chi connectivity index (χ0n) is 13.2. The molecule has 0 bridgehead atoms. The smallest absolute Gasteiger partial charge is 0.225 e. The first kappa shape index (κ1) is 16.9. The number of aryl methyl sites for hydroxylation is 2. The highest BCUT2D eigenvalue weighted by atomic mass is 32.1. The van der Waals surface area contributed by atoms with Crippen LogP contribution in [0.3, 0.4) is 0 Å². The Balaban J connectivity index is 2.18. The first-order valence-electron chi connectivity index (χ1n) is 7.31. The van der Waals surface area contributed by atoms with E-state index in [2.05, 4.69) is 53.3 Å². The fourth-order valence-electron chi connectivity index (χ4n) is 2.35. The number of para-hydroxylation sites is 2. The summed E-state index contributed by atoms with van der Waals surface area (Å²) < 4.78 is 6.78. The molecule has 0 spiro atoms. The van der Waals surface area contributed by atoms with Crippen molar-refractivity contribution in [3.63, 3.8) is 0 Å². The number of anilines is 2. The highest BCUT2D eigenvalue weighted by Gasteiger charge is 2.12. The quantitative estimate of drug-likeness (QED) is 0.529. The molecule has 0 fully saturated rings. The van der Waals surface area contributed by atoms with Gasteiger partial charge in [0.2, 0.25) is 10.7 Å². The molecule has 4 nitrogen and oxygen atoms in total. The molecule has 1 aromatic heterocycles. The van der Waals surface area contributed by atoms with Gasteiger partial charge in [-0.1, -0.05) is 48.6 Å². The number of nitrogens with zero attached hydrogens (tertiary/aromatic N) is 3. The first-order valence-corrected chi connectivity index (χ1v) is 8.94. The highest BCUT2D eigenvalue weighted by Crippen LogP contribution is 2.22. The van der Waals surface area contributed by atoms with Crippen molar-refractivity contribution in [2.75, 3.05) is 5.32 Å². The number of benzene rings is 2. The summed E-state index contributed by atoms with van der Waals surface area (Å²) in [5, 5.41) is 3.39. The summed E-state index contributed by atoms with van der Waals surface area (Å²) in [7, 11) is 0. The first-order chi connectivity index (χ1) is 11.6. The standard InChI is InChI=1S/C17H16N4S3/c1-11-7-3-5-9-13(11)18-15-20-24-16(19-17(22)23)21(15)14-10-6-4-8-12(14)2/h3-10H,1-2H3,(H,18,20)(H,22,23)/b19-16-. The molecule has 0 amide bonds. The summed E-state index contributed by atoms with van der Waals surface area (Å²) in [5.74, 6) is 0.701. The zero-order chi connectivity index (χ0) is 17.1. The van der Waals surface area contributed by atoms with Crippen LogP contribution in [0.5, 0.6) is 0 Å². The lowest BCUT2D eigenvalue weighted by molar-refractivity contribution is 0.989. The maximum Gasteiger partial charge on any atom is 0.225 e. The van der Waals surface area contributed by atoms with Gasteiger partial charge in [-0.3, -0.25) is 4.57 Å². The summed E-state index contributed by atoms with van der Waals surface area (Å²) in [6, 6.07) is 16.2. The number of hydrogen-bond acceptors (Lipinski definition) is 4. The van der Waals surface area contributed by atoms with Crippen LogP contribution in [0, 0.1) is 13.8 Å². The van der Waals surface area contributed by atoms with E-state index >= 15 is 0 Å². The molecule has 0 aliphatic carbocycles. The largest absolute Gasteiger partial charge is 0.324 e. The normalized spacial score (nSPS) is 11.5. The van der Waals surface area contributed by atoms with E-state index < -0.39 is 0 Å². The van der Waals surface area contributed by atoms with Gasteiger partial charge in [-0.25, -0.2) is 4.99 Å². The second kappa shape index (κ2) is 7.29. The lowest BCUT2D eigenvalue weighted by Crippen LogP contribution is -2.17. The second-order valence-electron chi connectivity index (χ2n) is 5.24. The van der Waals surface area contributed by atoms with Crippen LogP contribution in [0.15, 0.2) is 53.5 Å². The van der Waals surface area contributed by atoms with E-state index in [1.54, 1.807) is 0 Å². The van der Waals surface area contributed by atoms with Gasteiger partial charge in [0.15, 0.2) is 4.32 Å². The molecule has 2 aromatic carbocycles. The molecule has 0 aliphatic heterocycles. The number of thiol groups is 1. The Morgan fingerprint density at radius 1 is 1.12 bits per heavy atom. The third-order valence-electron chi connectivity index (χ3n) is 3.56. The van der Waals surface area contributed by atoms with E-state index in [9.17, 15) is 0 Å². The Kier molecular flexibility index (Phi) is 5.13. The SMILES string of the molecule is Cc1ccccc1Nc1ns/c(=N\C(=S)S)n1-c1ccccc1C. The molecule has 7 heteroatoms. The van der Waals surface area contributed by atoms with E-state index in [-0.39, 0.29) is 4.32 Å². The van der Waals surface area contributed by atoms with Gasteiger partial charge in [-0.15, -0.1) is 12.6 Å². The van der Waals surface area contributed by atoms with Crippen LogP contribution >= 0.6 is 36.4 Å². The Morgan fingerprint density at radius 3 is 2.46 bits per heavy atom. The Bertz CT molecular complexity index is 956. The summed E-state index contributed by atoms with van der Waals surface area (Å²) >= 11 is 10.4. The van der Waals surface area contributed by atoms with Gasteiger partial charge in [-0.05, 0) is 37.1 Å². The summed E-state index contributed by atoms with van der Waals surface area (Å²) in [5.41, 5.74) is 4.28. The molecule has 0 saturated heterocycles. The molecule has 0 atom stereocenters. The maximum absolute atomic E-state index is 5.02. The van der Waals surface area contributed by atoms with Gasteiger partial charge in [0.1, 0.15) is 0 Å². The Hall–Kier alpha value is -1.96. The molecular weight excluding hydrogens is 356 g/mol. The van der Waals surface area contributed by atoms with Gasteiger partial charge >= 0.3 is 0 Å². The van der Waals surface area contributed by atoms with Gasteiger partial charge in [0.05, 0.1) is 5.69 Å². The molecule has 122 valence electrons. The predicted octanol–water partition coefficient (Wildman–Crippen LogP) is 4.41. The molecule has 1 heterocycles. The Morgan fingerprint density at radius 2 is 1.79 bits per heavy atom. The van der Waals surface area contributed by atoms with Crippen LogP contribution in [0.2, 0.25) is 0 Å². The van der Waals surface area contributed by atoms with Crippen LogP contribution in [0.25, 0.3) is 5.69 Å². The zero-order valence-corrected chi connectivity index (χ0v) is 15.8. The van der Waals surface area contributed by atoms with Crippen molar-refractivity contribution in [2.45, 2.75) is 13.8 Å². The maximum atomic E-state index is 5.02. The topological polar surface area (TPSA) is 42.2 Å². The molecule has 0 unspecified atom stereocenters. The van der Waals surface area contributed by atoms with E-state index in [4.69, 9.17) is 12.2 Å². The minimum atomic E-state index is 0.281. The minimum Gasteiger partial charge on any atom is -0.324 e. The van der Waals surface area contributed by atoms with E-state index in [1.807, 2.05) is 41.0 Å². The van der Waals surface area contributed by atoms with E-state index in [0.717, 1.165) is 22.5 Å². The average molecular weight is 373 g/mol. The minimum absolute atomic E-state index is 0.281. The van der Waals surface area contributed by atoms with Gasteiger partial charge in [-0.2, -0.15) is 4.37 Å². The monoisotopic (exact) mass is 372 g/mol. The molecule has 0 radical (unpaired) electrons. The molecular formula is C17H16N4S3. The summed E-state index contributed by atoms with van der Waals surface area (Å²) in [6.45, 7) is 4.11. The van der Waals surface area contributed by atoms with Crippen LogP contribution in [0.1, 0.15) is 11.1 Å². The summed E-state index contributed by atoms with van der Waals surface area (Å²) in [4.78, 5) is 5.02. The number of aromatic nitrogens is 2. The molecule has 1 N–H and O–H groups in total. The number of hydrogen-bond donors (Lipinski definition) is 2. The molecule has 0 aliphatic rings. The molecule has 0 saturated carbocycles. The lowest BCUT2D eigenvalue weighted by Gasteiger charge is -2.12. The number of thiocarbonyl (C=S) groups is 1. The van der Waals surface area contributed by atoms with Gasteiger partial charge in [0.25, 0.3) is 0 Å². The third-order valence-corrected chi connectivity index (χ3v) is 4.45. The molecule has 3 rings (SSSR count). The predicted molar refractivity (Wildman–Crippen MR) is 108 cm³/mol. The van der Waals surface area contributed by atoms with Gasteiger partial charge in [0, 0.05) is 17.2 Å². The van der Waals surface area contributed by atoms with Crippen LogP contribution in [-0.4, -0.2) is 13.3 Å².